The van der Waals surface area contributed by atoms with Crippen LogP contribution in [0.5, 0.6) is 0 Å². The molecule has 1 aromatic rings. The molecule has 1 aliphatic rings. The summed E-state index contributed by atoms with van der Waals surface area (Å²) in [7, 11) is 0. The van der Waals surface area contributed by atoms with E-state index in [-0.39, 0.29) is 24.1 Å². The molecule has 16 heavy (non-hydrogen) atoms. The minimum Gasteiger partial charge on any atom is -0.481 e. The number of carboxylic acid groups (broad SMARTS) is 1. The molecular weight excluding hydrogens is 230 g/mol. The normalized spacial score (nSPS) is 16.8. The average molecular weight is 241 g/mol. The number of nitrogens with one attached hydrogen (secondary N) is 1. The van der Waals surface area contributed by atoms with Crippen molar-refractivity contribution >= 4 is 23.4 Å². The van der Waals surface area contributed by atoms with Crippen LogP contribution in [0, 0.1) is 5.92 Å². The number of hydrogen-bond acceptors (Lipinski definition) is 5. The number of carbonyl (C=O) groups is 2. The van der Waals surface area contributed by atoms with Gasteiger partial charge >= 0.3 is 5.97 Å². The van der Waals surface area contributed by atoms with Crippen LogP contribution in [-0.4, -0.2) is 32.6 Å². The van der Waals surface area contributed by atoms with E-state index < -0.39 is 5.97 Å². The number of nitrogens with zero attached hydrogens (tertiary/aromatic N) is 2. The third-order valence-corrected chi connectivity index (χ3v) is 3.00. The number of carbonyl (C=O) groups excluding carboxylic acids is 1. The summed E-state index contributed by atoms with van der Waals surface area (Å²) in [5.74, 6) is -0.938. The van der Waals surface area contributed by atoms with Gasteiger partial charge in [-0.05, 0) is 30.3 Å². The van der Waals surface area contributed by atoms with E-state index in [0.29, 0.717) is 5.92 Å². The summed E-state index contributed by atoms with van der Waals surface area (Å²) in [4.78, 5) is 22.3. The second-order valence-corrected chi connectivity index (χ2v) is 4.42. The number of amides is 1. The van der Waals surface area contributed by atoms with Gasteiger partial charge in [0.15, 0.2) is 5.69 Å². The van der Waals surface area contributed by atoms with Crippen molar-refractivity contribution in [2.75, 3.05) is 0 Å². The molecule has 0 aromatic carbocycles. The largest absolute Gasteiger partial charge is 0.481 e. The van der Waals surface area contributed by atoms with E-state index in [0.717, 1.165) is 24.4 Å². The molecule has 2 N–H and O–H groups in total. The fourth-order valence-corrected chi connectivity index (χ4v) is 1.96. The minimum absolute atomic E-state index is 0.0338. The highest BCUT2D eigenvalue weighted by atomic mass is 32.1. The van der Waals surface area contributed by atoms with E-state index >= 15 is 0 Å². The first-order valence-electron chi connectivity index (χ1n) is 4.96. The second-order valence-electron chi connectivity index (χ2n) is 3.81. The Labute approximate surface area is 95.8 Å². The average Bonchev–Trinajstić information content (AvgIpc) is 2.91. The highest BCUT2D eigenvalue weighted by Gasteiger charge is 2.34. The molecule has 1 heterocycles. The predicted octanol–water partition coefficient (Wildman–Crippen LogP) is 0.521. The van der Waals surface area contributed by atoms with E-state index in [2.05, 4.69) is 14.9 Å². The quantitative estimate of drug-likeness (QED) is 0.784. The van der Waals surface area contributed by atoms with Gasteiger partial charge in [-0.25, -0.2) is 0 Å². The van der Waals surface area contributed by atoms with Gasteiger partial charge in [-0.2, -0.15) is 0 Å². The van der Waals surface area contributed by atoms with E-state index in [1.807, 2.05) is 0 Å². The van der Waals surface area contributed by atoms with Gasteiger partial charge in [0.2, 0.25) is 0 Å². The van der Waals surface area contributed by atoms with Crippen molar-refractivity contribution in [2.24, 2.45) is 5.92 Å². The first-order valence-corrected chi connectivity index (χ1v) is 5.80. The molecule has 0 bridgehead atoms. The molecule has 1 saturated carbocycles. The summed E-state index contributed by atoms with van der Waals surface area (Å²) in [6.45, 7) is 0. The van der Waals surface area contributed by atoms with E-state index in [4.69, 9.17) is 5.11 Å². The Morgan fingerprint density at radius 2 is 2.38 bits per heavy atom. The van der Waals surface area contributed by atoms with Gasteiger partial charge in [-0.15, -0.1) is 5.10 Å². The fourth-order valence-electron chi connectivity index (χ4n) is 1.53. The van der Waals surface area contributed by atoms with E-state index in [9.17, 15) is 9.59 Å². The lowest BCUT2D eigenvalue weighted by Crippen LogP contribution is -2.38. The lowest BCUT2D eigenvalue weighted by atomic mass is 10.1. The summed E-state index contributed by atoms with van der Waals surface area (Å²) in [5.41, 5.74) is 0.251. The number of carboxylic acids is 1. The van der Waals surface area contributed by atoms with Gasteiger partial charge in [0.05, 0.1) is 6.42 Å². The lowest BCUT2D eigenvalue weighted by molar-refractivity contribution is -0.137. The third-order valence-electron chi connectivity index (χ3n) is 2.49. The van der Waals surface area contributed by atoms with Crippen LogP contribution in [0.1, 0.15) is 29.8 Å². The van der Waals surface area contributed by atoms with Crippen molar-refractivity contribution in [3.05, 3.63) is 11.1 Å². The van der Waals surface area contributed by atoms with Crippen LogP contribution in [0.3, 0.4) is 0 Å². The van der Waals surface area contributed by atoms with Gasteiger partial charge in [0.1, 0.15) is 0 Å². The third kappa shape index (κ3) is 2.75. The van der Waals surface area contributed by atoms with Crippen molar-refractivity contribution in [2.45, 2.75) is 25.3 Å². The Balaban J connectivity index is 1.95. The molecule has 7 heteroatoms. The van der Waals surface area contributed by atoms with Crippen LogP contribution in [0.15, 0.2) is 5.38 Å². The Hall–Kier alpha value is -1.50. The van der Waals surface area contributed by atoms with Gasteiger partial charge in [0.25, 0.3) is 5.91 Å². The maximum Gasteiger partial charge on any atom is 0.305 e. The summed E-state index contributed by atoms with van der Waals surface area (Å²) in [5, 5.41) is 16.6. The number of hydrogen-bond donors (Lipinski definition) is 2. The molecule has 1 aliphatic carbocycles. The molecule has 1 fully saturated rings. The molecular formula is C9H11N3O3S. The number of rotatable bonds is 5. The first-order chi connectivity index (χ1) is 7.66. The second kappa shape index (κ2) is 4.56. The first kappa shape index (κ1) is 11.0. The van der Waals surface area contributed by atoms with Crippen molar-refractivity contribution < 1.29 is 14.7 Å². The van der Waals surface area contributed by atoms with Crippen LogP contribution < -0.4 is 5.32 Å². The molecule has 0 aliphatic heterocycles. The molecule has 0 saturated heterocycles. The van der Waals surface area contributed by atoms with Gasteiger partial charge in [-0.3, -0.25) is 9.59 Å². The molecule has 0 spiro atoms. The summed E-state index contributed by atoms with van der Waals surface area (Å²) >= 11 is 1.09. The summed E-state index contributed by atoms with van der Waals surface area (Å²) in [6, 6.07) is -0.285. The zero-order valence-corrected chi connectivity index (χ0v) is 9.24. The van der Waals surface area contributed by atoms with Crippen LogP contribution in [0.25, 0.3) is 0 Å². The maximum atomic E-state index is 11.6. The Kier molecular flexibility index (Phi) is 3.14. The van der Waals surface area contributed by atoms with Crippen molar-refractivity contribution in [3.8, 4) is 0 Å². The van der Waals surface area contributed by atoms with Crippen molar-refractivity contribution in [1.82, 2.24) is 14.9 Å². The zero-order chi connectivity index (χ0) is 11.5. The minimum atomic E-state index is -0.895. The Morgan fingerprint density at radius 3 is 2.88 bits per heavy atom. The molecule has 1 atom stereocenters. The molecule has 1 amide bonds. The van der Waals surface area contributed by atoms with Gasteiger partial charge < -0.3 is 10.4 Å². The molecule has 6 nitrogen and oxygen atoms in total. The summed E-state index contributed by atoms with van der Waals surface area (Å²) < 4.78 is 3.59. The number of aromatic nitrogens is 2. The topological polar surface area (TPSA) is 92.2 Å². The maximum absolute atomic E-state index is 11.6. The predicted molar refractivity (Wildman–Crippen MR) is 56.1 cm³/mol. The molecule has 2 rings (SSSR count). The van der Waals surface area contributed by atoms with Crippen LogP contribution >= 0.6 is 11.5 Å². The van der Waals surface area contributed by atoms with Gasteiger partial charge in [-0.1, -0.05) is 4.49 Å². The molecule has 0 radical (unpaired) electrons. The van der Waals surface area contributed by atoms with Crippen molar-refractivity contribution in [1.29, 1.82) is 0 Å². The fraction of sp³-hybridized carbons (Fsp3) is 0.556. The van der Waals surface area contributed by atoms with Gasteiger partial charge in [0, 0.05) is 11.4 Å². The Bertz CT molecular complexity index is 389. The highest BCUT2D eigenvalue weighted by molar-refractivity contribution is 7.03. The van der Waals surface area contributed by atoms with E-state index in [1.54, 1.807) is 5.38 Å². The summed E-state index contributed by atoms with van der Waals surface area (Å²) in [6.07, 6.45) is 1.93. The highest BCUT2D eigenvalue weighted by Crippen LogP contribution is 2.34. The SMILES string of the molecule is O=C(O)CC(NC(=O)c1csnn1)C1CC1. The van der Waals surface area contributed by atoms with Crippen LogP contribution in [0.2, 0.25) is 0 Å². The Morgan fingerprint density at radius 1 is 1.62 bits per heavy atom. The standard InChI is InChI=1S/C9H11N3O3S/c13-8(14)3-6(5-1-2-5)10-9(15)7-4-16-12-11-7/h4-6H,1-3H2,(H,10,15)(H,13,14). The van der Waals surface area contributed by atoms with Crippen LogP contribution in [-0.2, 0) is 4.79 Å². The zero-order valence-electron chi connectivity index (χ0n) is 8.42. The smallest absolute Gasteiger partial charge is 0.305 e. The molecule has 1 unspecified atom stereocenters. The van der Waals surface area contributed by atoms with Crippen molar-refractivity contribution in [3.63, 3.8) is 0 Å². The molecule has 1 aromatic heterocycles. The van der Waals surface area contributed by atoms with E-state index in [1.165, 1.54) is 0 Å². The lowest BCUT2D eigenvalue weighted by Gasteiger charge is -2.14. The monoisotopic (exact) mass is 241 g/mol. The number of aliphatic carboxylic acids is 1. The molecule has 86 valence electrons. The van der Waals surface area contributed by atoms with Crippen LogP contribution in [0.4, 0.5) is 0 Å².